The summed E-state index contributed by atoms with van der Waals surface area (Å²) < 4.78 is 0. The molecule has 6 heavy (non-hydrogen) atoms. The van der Waals surface area contributed by atoms with Crippen LogP contribution in [0.4, 0.5) is 0 Å². The smallest absolute Gasteiger partial charge is 0.850 e. The second kappa shape index (κ2) is 3.03. The molecule has 0 fully saturated rings. The van der Waals surface area contributed by atoms with Crippen LogP contribution in [-0.2, 0) is 0 Å². The van der Waals surface area contributed by atoms with E-state index in [0.29, 0.717) is 0 Å². The third-order valence-electron chi connectivity index (χ3n) is 0. The van der Waals surface area contributed by atoms with Gasteiger partial charge in [0.1, 0.15) is 0 Å². The molecule has 0 rings (SSSR count). The Kier molecular flexibility index (Phi) is 5.07. The van der Waals surface area contributed by atoms with Crippen molar-refractivity contribution in [1.29, 1.82) is 0 Å². The SMILES string of the molecule is CC(C)(C)[O-].[1Na+]. The predicted molar refractivity (Wildman–Crippen MR) is 19.8 cm³/mol. The molecule has 0 unspecified atom stereocenters. The van der Waals surface area contributed by atoms with Gasteiger partial charge in [-0.2, -0.15) is 0 Å². The van der Waals surface area contributed by atoms with Crippen LogP contribution < -0.4 is 34.7 Å². The van der Waals surface area contributed by atoms with Crippen molar-refractivity contribution in [1.82, 2.24) is 0 Å². The van der Waals surface area contributed by atoms with Crippen molar-refractivity contribution in [3.05, 3.63) is 0 Å². The molecule has 0 bridgehead atoms. The molecule has 0 aromatic carbocycles. The monoisotopic (exact) mass is 74.1 g/mol. The molecular formula is C4H9NaO. The van der Waals surface area contributed by atoms with Gasteiger partial charge in [0.2, 0.25) is 0 Å². The molecule has 0 saturated carbocycles. The van der Waals surface area contributed by atoms with Gasteiger partial charge in [-0.3, -0.25) is 0 Å². The summed E-state index contributed by atoms with van der Waals surface area (Å²) in [5, 5.41) is 10.1. The molecule has 0 aliphatic rings. The Morgan fingerprint density at radius 2 is 1.17 bits per heavy atom. The maximum Gasteiger partial charge on any atom is 1.00 e. The molecule has 0 aromatic rings. The van der Waals surface area contributed by atoms with Crippen molar-refractivity contribution >= 4 is 0 Å². The first kappa shape index (κ1) is 10.0. The first-order chi connectivity index (χ1) is 2.00. The molecular weight excluding hydrogens is 65.0 g/mol. The normalized spacial score (nSPS) is 10.0. The number of rotatable bonds is 0. The molecule has 0 heterocycles. The molecule has 0 amide bonds. The fraction of sp³-hybridized carbons (Fsp3) is 1.00. The van der Waals surface area contributed by atoms with Crippen LogP contribution in [-0.4, -0.2) is 5.60 Å². The van der Waals surface area contributed by atoms with Crippen LogP contribution in [0.2, 0.25) is 0 Å². The van der Waals surface area contributed by atoms with E-state index in [4.69, 9.17) is 0 Å². The molecule has 0 aromatic heterocycles. The van der Waals surface area contributed by atoms with E-state index in [-0.39, 0.29) is 29.6 Å². The topological polar surface area (TPSA) is 23.1 Å². The van der Waals surface area contributed by atoms with Gasteiger partial charge in [-0.25, -0.2) is 0 Å². The van der Waals surface area contributed by atoms with E-state index < -0.39 is 5.60 Å². The molecule has 0 aliphatic carbocycles. The van der Waals surface area contributed by atoms with Gasteiger partial charge in [0, 0.05) is 0 Å². The minimum atomic E-state index is -0.750. The van der Waals surface area contributed by atoms with Crippen LogP contribution in [0.15, 0.2) is 0 Å². The Morgan fingerprint density at radius 1 is 1.17 bits per heavy atom. The minimum absolute atomic E-state index is 0. The molecule has 0 N–H and O–H groups in total. The fourth-order valence-electron chi connectivity index (χ4n) is 0. The Bertz CT molecular complexity index is 23.0. The van der Waals surface area contributed by atoms with E-state index in [0.717, 1.165) is 0 Å². The van der Waals surface area contributed by atoms with E-state index in [1.807, 2.05) is 0 Å². The number of hydrogen-bond acceptors (Lipinski definition) is 1. The first-order valence-corrected chi connectivity index (χ1v) is 1.70. The van der Waals surface area contributed by atoms with Crippen molar-refractivity contribution < 1.29 is 34.7 Å². The summed E-state index contributed by atoms with van der Waals surface area (Å²) in [4.78, 5) is 0. The second-order valence-corrected chi connectivity index (χ2v) is 2.11. The van der Waals surface area contributed by atoms with Gasteiger partial charge in [-0.1, -0.05) is 20.8 Å². The van der Waals surface area contributed by atoms with Crippen LogP contribution in [0.25, 0.3) is 0 Å². The summed E-state index contributed by atoms with van der Waals surface area (Å²) in [6.07, 6.45) is 0. The fourth-order valence-corrected chi connectivity index (χ4v) is 0. The summed E-state index contributed by atoms with van der Waals surface area (Å²) >= 11 is 0. The van der Waals surface area contributed by atoms with Crippen LogP contribution in [0.3, 0.4) is 0 Å². The summed E-state index contributed by atoms with van der Waals surface area (Å²) in [6, 6.07) is 0. The van der Waals surface area contributed by atoms with Crippen LogP contribution in [0, 0.1) is 0 Å². The van der Waals surface area contributed by atoms with Gasteiger partial charge in [0.25, 0.3) is 0 Å². The van der Waals surface area contributed by atoms with E-state index in [9.17, 15) is 5.11 Å². The maximum absolute atomic E-state index is 10.1. The van der Waals surface area contributed by atoms with Gasteiger partial charge < -0.3 is 5.11 Å². The Morgan fingerprint density at radius 3 is 1.17 bits per heavy atom. The standard InChI is InChI=1S/C4H9O.Na/c1-4(2,3)5;/h1-3H3;/q-1;+1/i;1-22. The molecule has 0 saturated heterocycles. The first-order valence-electron chi connectivity index (χ1n) is 1.70. The zero-order chi connectivity index (χ0) is 4.50. The van der Waals surface area contributed by atoms with E-state index in [1.54, 1.807) is 20.8 Å². The Hall–Kier alpha value is 0.960. The molecule has 32 valence electrons. The van der Waals surface area contributed by atoms with Crippen molar-refractivity contribution in [2.75, 3.05) is 0 Å². The van der Waals surface area contributed by atoms with Crippen LogP contribution in [0.5, 0.6) is 0 Å². The quantitative estimate of drug-likeness (QED) is 0.284. The molecule has 0 radical (unpaired) electrons. The van der Waals surface area contributed by atoms with Crippen molar-refractivity contribution in [3.8, 4) is 0 Å². The van der Waals surface area contributed by atoms with Gasteiger partial charge in [0.05, 0.1) is 0 Å². The Labute approximate surface area is 61.0 Å². The molecule has 0 atom stereocenters. The van der Waals surface area contributed by atoms with Crippen molar-refractivity contribution in [3.63, 3.8) is 0 Å². The van der Waals surface area contributed by atoms with E-state index >= 15 is 0 Å². The molecule has 0 aliphatic heterocycles. The van der Waals surface area contributed by atoms with E-state index in [2.05, 4.69) is 0 Å². The largest absolute Gasteiger partial charge is 1.00 e. The second-order valence-electron chi connectivity index (χ2n) is 2.11. The van der Waals surface area contributed by atoms with Crippen molar-refractivity contribution in [2.24, 2.45) is 0 Å². The third kappa shape index (κ3) is 84.4. The van der Waals surface area contributed by atoms with Gasteiger partial charge in [-0.15, -0.1) is 5.60 Å². The Balaban J connectivity index is 0. The average Bonchev–Trinajstić information content (AvgIpc) is 0.722. The molecule has 1 nitrogen and oxygen atoms in total. The summed E-state index contributed by atoms with van der Waals surface area (Å²) in [7, 11) is 0. The minimum Gasteiger partial charge on any atom is -0.850 e. The molecule has 2 heteroatoms. The predicted octanol–water partition coefficient (Wildman–Crippen LogP) is -2.85. The van der Waals surface area contributed by atoms with E-state index in [1.165, 1.54) is 0 Å². The zero-order valence-corrected chi connectivity index (χ0v) is 6.91. The van der Waals surface area contributed by atoms with Crippen LogP contribution in [0.1, 0.15) is 20.8 Å². The zero-order valence-electron chi connectivity index (χ0n) is 4.91. The van der Waals surface area contributed by atoms with Gasteiger partial charge in [0.15, 0.2) is 0 Å². The maximum atomic E-state index is 10.1. The third-order valence-corrected chi connectivity index (χ3v) is 0. The number of hydrogen-bond donors (Lipinski definition) is 0. The average molecular weight is 74.1 g/mol. The summed E-state index contributed by atoms with van der Waals surface area (Å²) in [6.45, 7) is 4.90. The van der Waals surface area contributed by atoms with Crippen molar-refractivity contribution in [2.45, 2.75) is 26.4 Å². The van der Waals surface area contributed by atoms with Crippen LogP contribution >= 0.6 is 0 Å². The summed E-state index contributed by atoms with van der Waals surface area (Å²) in [5.74, 6) is 0. The van der Waals surface area contributed by atoms with Gasteiger partial charge >= 0.3 is 29.6 Å². The molecule has 0 spiro atoms. The van der Waals surface area contributed by atoms with Gasteiger partial charge in [-0.05, 0) is 0 Å². The summed E-state index contributed by atoms with van der Waals surface area (Å²) in [5.41, 5.74) is -0.750.